The Labute approximate surface area is 184 Å². The van der Waals surface area contributed by atoms with Crippen molar-refractivity contribution in [1.82, 2.24) is 0 Å². The smallest absolute Gasteiger partial charge is 0.407 e. The maximum absolute atomic E-state index is 6.19. The van der Waals surface area contributed by atoms with E-state index < -0.39 is 0 Å². The molecular weight excluding hydrogens is 374 g/mol. The highest BCUT2D eigenvalue weighted by atomic mass is 16.6. The van der Waals surface area contributed by atoms with Gasteiger partial charge in [0.2, 0.25) is 0 Å². The Morgan fingerprint density at radius 1 is 0.667 bits per heavy atom. The van der Waals surface area contributed by atoms with Crippen LogP contribution >= 0.6 is 0 Å². The minimum absolute atomic E-state index is 0.0711. The van der Waals surface area contributed by atoms with Gasteiger partial charge in [0.25, 0.3) is 0 Å². The number of rotatable bonds is 8. The molecule has 0 N–H and O–H groups in total. The summed E-state index contributed by atoms with van der Waals surface area (Å²) in [4.78, 5) is 0. The van der Waals surface area contributed by atoms with Crippen molar-refractivity contribution in [1.29, 1.82) is 0 Å². The van der Waals surface area contributed by atoms with Crippen molar-refractivity contribution < 1.29 is 18.6 Å². The van der Waals surface area contributed by atoms with Crippen LogP contribution in [-0.4, -0.2) is 40.7 Å². The zero-order valence-electron chi connectivity index (χ0n) is 20.0. The predicted octanol–water partition coefficient (Wildman–Crippen LogP) is 3.91. The van der Waals surface area contributed by atoms with Gasteiger partial charge in [-0.15, -0.1) is 0 Å². The van der Waals surface area contributed by atoms with Crippen LogP contribution in [0.1, 0.15) is 78.4 Å². The van der Waals surface area contributed by atoms with Gasteiger partial charge in [0.05, 0.1) is 0 Å². The van der Waals surface area contributed by atoms with Gasteiger partial charge in [-0.3, -0.25) is 0 Å². The highest BCUT2D eigenvalue weighted by Crippen LogP contribution is 2.24. The maximum Gasteiger partial charge on any atom is 0.494 e. The van der Waals surface area contributed by atoms with E-state index >= 15 is 0 Å². The van der Waals surface area contributed by atoms with E-state index in [1.54, 1.807) is 0 Å². The molecule has 0 saturated carbocycles. The largest absolute Gasteiger partial charge is 0.494 e. The predicted molar refractivity (Wildman–Crippen MR) is 126 cm³/mol. The van der Waals surface area contributed by atoms with Crippen LogP contribution in [0.4, 0.5) is 0 Å². The lowest BCUT2D eigenvalue weighted by Gasteiger charge is -2.35. The van der Waals surface area contributed by atoms with Crippen LogP contribution < -0.4 is 10.9 Å². The Kier molecular flexibility index (Phi) is 8.11. The van der Waals surface area contributed by atoms with Gasteiger partial charge in [-0.2, -0.15) is 0 Å². The summed E-state index contributed by atoms with van der Waals surface area (Å²) in [6.45, 7) is 16.1. The molecule has 1 aromatic carbocycles. The molecule has 2 saturated heterocycles. The van der Waals surface area contributed by atoms with E-state index in [-0.39, 0.29) is 25.1 Å². The zero-order chi connectivity index (χ0) is 21.8. The van der Waals surface area contributed by atoms with Gasteiger partial charge in [0, 0.05) is 37.3 Å². The average molecular weight is 414 g/mol. The topological polar surface area (TPSA) is 36.9 Å². The van der Waals surface area contributed by atoms with E-state index in [1.165, 1.54) is 22.1 Å². The molecular formula is C24H40B2O4. The minimum atomic E-state index is -0.272. The van der Waals surface area contributed by atoms with E-state index in [4.69, 9.17) is 18.6 Å². The molecule has 4 nitrogen and oxygen atoms in total. The number of aryl methyl sites for hydroxylation is 2. The van der Waals surface area contributed by atoms with E-state index in [0.29, 0.717) is 0 Å². The summed E-state index contributed by atoms with van der Waals surface area (Å²) >= 11 is 0. The Morgan fingerprint density at radius 3 is 1.30 bits per heavy atom. The minimum Gasteiger partial charge on any atom is -0.407 e. The van der Waals surface area contributed by atoms with Crippen LogP contribution in [0.25, 0.3) is 0 Å². The number of hydrogen-bond donors (Lipinski definition) is 0. The standard InChI is InChI=1S/C24H40B2O4/c1-7-9-11-19-13-22(26-29-17-24(5,6)18-30-26)20(12-10-8-2)14-21(19)25-27-15-23(3,4)16-28-25/h13-14H,7-12,15-18H2,1-6H3. The van der Waals surface area contributed by atoms with Crippen molar-refractivity contribution in [3.05, 3.63) is 23.3 Å². The first-order chi connectivity index (χ1) is 14.2. The molecule has 0 unspecified atom stereocenters. The van der Waals surface area contributed by atoms with Crippen molar-refractivity contribution in [2.45, 2.75) is 80.1 Å². The molecule has 0 radical (unpaired) electrons. The highest BCUT2D eigenvalue weighted by Gasteiger charge is 2.38. The van der Waals surface area contributed by atoms with Crippen molar-refractivity contribution in [3.8, 4) is 0 Å². The number of unbranched alkanes of at least 4 members (excludes halogenated alkanes) is 2. The summed E-state index contributed by atoms with van der Waals surface area (Å²) in [6, 6.07) is 4.65. The fraction of sp³-hybridized carbons (Fsp3) is 0.750. The zero-order valence-corrected chi connectivity index (χ0v) is 20.0. The summed E-state index contributed by atoms with van der Waals surface area (Å²) in [6.07, 6.45) is 6.68. The average Bonchev–Trinajstić information content (AvgIpc) is 2.71. The molecule has 0 atom stereocenters. The van der Waals surface area contributed by atoms with Crippen LogP contribution in [-0.2, 0) is 31.5 Å². The molecule has 30 heavy (non-hydrogen) atoms. The summed E-state index contributed by atoms with van der Waals surface area (Å²) in [5, 5.41) is 0. The van der Waals surface area contributed by atoms with E-state index in [1.807, 2.05) is 0 Å². The van der Waals surface area contributed by atoms with Crippen molar-refractivity contribution in [2.24, 2.45) is 10.8 Å². The molecule has 2 aliphatic rings. The Morgan fingerprint density at radius 2 is 1.00 bits per heavy atom. The molecule has 2 aliphatic heterocycles. The van der Waals surface area contributed by atoms with Gasteiger partial charge < -0.3 is 18.6 Å². The quantitative estimate of drug-likeness (QED) is 0.605. The van der Waals surface area contributed by atoms with Crippen molar-refractivity contribution in [2.75, 3.05) is 26.4 Å². The molecule has 0 aliphatic carbocycles. The lowest BCUT2D eigenvalue weighted by Crippen LogP contribution is -2.52. The highest BCUT2D eigenvalue weighted by molar-refractivity contribution is 6.64. The van der Waals surface area contributed by atoms with Crippen LogP contribution in [0.5, 0.6) is 0 Å². The molecule has 1 aromatic rings. The Balaban J connectivity index is 1.93. The van der Waals surface area contributed by atoms with Crippen LogP contribution in [0, 0.1) is 10.8 Å². The third-order valence-electron chi connectivity index (χ3n) is 6.01. The summed E-state index contributed by atoms with van der Waals surface area (Å²) in [7, 11) is -0.544. The fourth-order valence-electron chi connectivity index (χ4n) is 4.08. The third-order valence-corrected chi connectivity index (χ3v) is 6.01. The molecule has 166 valence electrons. The van der Waals surface area contributed by atoms with Gasteiger partial charge in [-0.25, -0.2) is 0 Å². The van der Waals surface area contributed by atoms with Crippen LogP contribution in [0.15, 0.2) is 12.1 Å². The second-order valence-electron chi connectivity index (χ2n) is 10.7. The third kappa shape index (κ3) is 6.12. The normalized spacial score (nSPS) is 21.1. The monoisotopic (exact) mass is 414 g/mol. The SMILES string of the molecule is CCCCc1cc(B2OCC(C)(C)CO2)c(CCCC)cc1B1OCC(C)(C)CO1. The van der Waals surface area contributed by atoms with Gasteiger partial charge in [0.15, 0.2) is 0 Å². The molecule has 0 aromatic heterocycles. The van der Waals surface area contributed by atoms with E-state index in [2.05, 4.69) is 53.7 Å². The summed E-state index contributed by atoms with van der Waals surface area (Å²) < 4.78 is 24.7. The lowest BCUT2D eigenvalue weighted by atomic mass is 9.66. The summed E-state index contributed by atoms with van der Waals surface area (Å²) in [5.41, 5.74) is 5.17. The van der Waals surface area contributed by atoms with Crippen molar-refractivity contribution in [3.63, 3.8) is 0 Å². The Bertz CT molecular complexity index is 625. The first-order valence-electron chi connectivity index (χ1n) is 11.9. The maximum atomic E-state index is 6.19. The number of hydrogen-bond acceptors (Lipinski definition) is 4. The lowest BCUT2D eigenvalue weighted by molar-refractivity contribution is 0.0338. The molecule has 2 fully saturated rings. The summed E-state index contributed by atoms with van der Waals surface area (Å²) in [5.74, 6) is 0. The molecule has 0 spiro atoms. The van der Waals surface area contributed by atoms with E-state index in [0.717, 1.165) is 65.0 Å². The fourth-order valence-corrected chi connectivity index (χ4v) is 4.08. The number of benzene rings is 1. The van der Waals surface area contributed by atoms with Gasteiger partial charge in [0.1, 0.15) is 0 Å². The molecule has 2 heterocycles. The Hall–Kier alpha value is -0.810. The second kappa shape index (κ2) is 10.2. The van der Waals surface area contributed by atoms with Crippen molar-refractivity contribution >= 4 is 25.2 Å². The molecule has 0 bridgehead atoms. The van der Waals surface area contributed by atoms with E-state index in [9.17, 15) is 0 Å². The van der Waals surface area contributed by atoms with Gasteiger partial charge in [-0.1, -0.05) is 66.5 Å². The molecule has 6 heteroatoms. The first kappa shape index (κ1) is 23.8. The molecule has 3 rings (SSSR count). The first-order valence-corrected chi connectivity index (χ1v) is 11.9. The second-order valence-corrected chi connectivity index (χ2v) is 10.7. The molecule has 0 amide bonds. The van der Waals surface area contributed by atoms with Gasteiger partial charge in [-0.05, 0) is 47.7 Å². The van der Waals surface area contributed by atoms with Crippen LogP contribution in [0.3, 0.4) is 0 Å². The van der Waals surface area contributed by atoms with Gasteiger partial charge >= 0.3 is 14.2 Å². The van der Waals surface area contributed by atoms with Crippen LogP contribution in [0.2, 0.25) is 0 Å².